The smallest absolute Gasteiger partial charge is 0.244 e. The molecule has 0 aliphatic rings. The predicted molar refractivity (Wildman–Crippen MR) is 68.9 cm³/mol. The van der Waals surface area contributed by atoms with Crippen LogP contribution < -0.4 is 5.73 Å². The van der Waals surface area contributed by atoms with Gasteiger partial charge in [-0.25, -0.2) is 9.37 Å². The molecule has 0 saturated carbocycles. The van der Waals surface area contributed by atoms with Crippen LogP contribution in [0.4, 0.5) is 4.39 Å². The molecule has 102 valence electrons. The minimum Gasteiger partial charge on any atom is -0.348 e. The van der Waals surface area contributed by atoms with Gasteiger partial charge in [0.05, 0.1) is 12.4 Å². The second-order valence-electron chi connectivity index (χ2n) is 4.35. The third kappa shape index (κ3) is 2.57. The van der Waals surface area contributed by atoms with E-state index in [2.05, 4.69) is 20.1 Å². The quantitative estimate of drug-likeness (QED) is 0.756. The second-order valence-corrected chi connectivity index (χ2v) is 4.35. The Morgan fingerprint density at radius 1 is 1.40 bits per heavy atom. The number of rotatable bonds is 4. The van der Waals surface area contributed by atoms with Gasteiger partial charge in [-0.1, -0.05) is 17.3 Å². The van der Waals surface area contributed by atoms with E-state index < -0.39 is 6.04 Å². The Labute approximate surface area is 113 Å². The maximum Gasteiger partial charge on any atom is 0.244 e. The molecule has 0 aliphatic heterocycles. The normalized spacial score (nSPS) is 12.5. The van der Waals surface area contributed by atoms with E-state index in [9.17, 15) is 4.39 Å². The highest BCUT2D eigenvalue weighted by Crippen LogP contribution is 2.20. The highest BCUT2D eigenvalue weighted by Gasteiger charge is 2.17. The average molecular weight is 273 g/mol. The van der Waals surface area contributed by atoms with E-state index in [0.717, 1.165) is 5.69 Å². The molecule has 0 fully saturated rings. The monoisotopic (exact) mass is 273 g/mol. The molecule has 0 aliphatic carbocycles. The molecule has 3 N–H and O–H groups in total. The maximum atomic E-state index is 13.1. The number of nitrogens with one attached hydrogen (secondary N) is 1. The van der Waals surface area contributed by atoms with Crippen LogP contribution in [-0.2, 0) is 6.42 Å². The van der Waals surface area contributed by atoms with Crippen LogP contribution in [0.3, 0.4) is 0 Å². The molecule has 20 heavy (non-hydrogen) atoms. The summed E-state index contributed by atoms with van der Waals surface area (Å²) < 4.78 is 18.3. The van der Waals surface area contributed by atoms with Gasteiger partial charge in [0, 0.05) is 23.9 Å². The lowest BCUT2D eigenvalue weighted by Crippen LogP contribution is -2.13. The van der Waals surface area contributed by atoms with Crippen molar-refractivity contribution in [2.24, 2.45) is 5.73 Å². The molecule has 1 aromatic carbocycles. The number of nitrogens with zero attached hydrogens (tertiary/aromatic N) is 3. The number of hydrogen-bond acceptors (Lipinski definition) is 5. The van der Waals surface area contributed by atoms with Crippen molar-refractivity contribution in [2.45, 2.75) is 12.5 Å². The van der Waals surface area contributed by atoms with Gasteiger partial charge in [0.2, 0.25) is 11.7 Å². The summed E-state index contributed by atoms with van der Waals surface area (Å²) in [5, 5.41) is 3.82. The maximum absolute atomic E-state index is 13.1. The van der Waals surface area contributed by atoms with Crippen LogP contribution in [0, 0.1) is 5.82 Å². The zero-order valence-corrected chi connectivity index (χ0v) is 10.5. The first-order valence-electron chi connectivity index (χ1n) is 6.05. The van der Waals surface area contributed by atoms with E-state index in [4.69, 9.17) is 10.3 Å². The summed E-state index contributed by atoms with van der Waals surface area (Å²) in [4.78, 5) is 11.1. The van der Waals surface area contributed by atoms with E-state index in [0.29, 0.717) is 23.7 Å². The van der Waals surface area contributed by atoms with Crippen LogP contribution in [0.15, 0.2) is 41.3 Å². The number of benzene rings is 1. The Bertz CT molecular complexity index is 694. The van der Waals surface area contributed by atoms with Crippen molar-refractivity contribution in [2.75, 3.05) is 0 Å². The molecule has 0 unspecified atom stereocenters. The molecule has 0 radical (unpaired) electrons. The summed E-state index contributed by atoms with van der Waals surface area (Å²) in [5.74, 6) is 0.272. The van der Waals surface area contributed by atoms with Crippen molar-refractivity contribution < 1.29 is 8.91 Å². The fourth-order valence-electron chi connectivity index (χ4n) is 1.85. The second kappa shape index (κ2) is 5.22. The zero-order chi connectivity index (χ0) is 13.9. The summed E-state index contributed by atoms with van der Waals surface area (Å²) in [7, 11) is 0. The molecule has 7 heteroatoms. The molecule has 1 atom stereocenters. The van der Waals surface area contributed by atoms with Gasteiger partial charge in [0.25, 0.3) is 0 Å². The van der Waals surface area contributed by atoms with E-state index in [1.165, 1.54) is 12.1 Å². The Morgan fingerprint density at radius 3 is 3.05 bits per heavy atom. The fourth-order valence-corrected chi connectivity index (χ4v) is 1.85. The van der Waals surface area contributed by atoms with Crippen molar-refractivity contribution in [3.63, 3.8) is 0 Å². The van der Waals surface area contributed by atoms with Gasteiger partial charge >= 0.3 is 0 Å². The summed E-state index contributed by atoms with van der Waals surface area (Å²) in [6, 6.07) is 5.55. The van der Waals surface area contributed by atoms with E-state index in [1.54, 1.807) is 24.7 Å². The Morgan fingerprint density at radius 2 is 2.30 bits per heavy atom. The van der Waals surface area contributed by atoms with Crippen molar-refractivity contribution in [3.05, 3.63) is 54.2 Å². The fraction of sp³-hybridized carbons (Fsp3) is 0.154. The van der Waals surface area contributed by atoms with Crippen molar-refractivity contribution in [1.82, 2.24) is 20.1 Å². The van der Waals surface area contributed by atoms with Gasteiger partial charge in [-0.3, -0.25) is 0 Å². The minimum absolute atomic E-state index is 0.305. The van der Waals surface area contributed by atoms with E-state index in [-0.39, 0.29) is 5.82 Å². The van der Waals surface area contributed by atoms with Crippen LogP contribution in [0.2, 0.25) is 0 Å². The predicted octanol–water partition coefficient (Wildman–Crippen LogP) is 1.84. The number of hydrogen-bond donors (Lipinski definition) is 2. The number of halogens is 1. The van der Waals surface area contributed by atoms with Crippen LogP contribution in [0.1, 0.15) is 17.6 Å². The van der Waals surface area contributed by atoms with Crippen LogP contribution >= 0.6 is 0 Å². The lowest BCUT2D eigenvalue weighted by atomic mass is 10.2. The Kier molecular flexibility index (Phi) is 3.26. The van der Waals surface area contributed by atoms with Gasteiger partial charge in [0.1, 0.15) is 5.82 Å². The standard InChI is InChI=1S/C13H12FN5O/c14-9-3-1-2-8(4-9)12-18-13(20-19-12)11(15)5-10-6-16-7-17-10/h1-4,6-7,11H,5,15H2,(H,16,17)/t11-/m0/s1. The van der Waals surface area contributed by atoms with Gasteiger partial charge in [-0.2, -0.15) is 4.98 Å². The van der Waals surface area contributed by atoms with E-state index in [1.807, 2.05) is 0 Å². The first-order chi connectivity index (χ1) is 9.72. The summed E-state index contributed by atoms with van der Waals surface area (Å²) in [6.07, 6.45) is 3.77. The Balaban J connectivity index is 1.79. The molecule has 0 bridgehead atoms. The van der Waals surface area contributed by atoms with Crippen molar-refractivity contribution >= 4 is 0 Å². The highest BCUT2D eigenvalue weighted by atomic mass is 19.1. The van der Waals surface area contributed by atoms with Crippen LogP contribution in [0.25, 0.3) is 11.4 Å². The van der Waals surface area contributed by atoms with Gasteiger partial charge in [0.15, 0.2) is 0 Å². The summed E-state index contributed by atoms with van der Waals surface area (Å²) in [5.41, 5.74) is 7.42. The third-order valence-electron chi connectivity index (χ3n) is 2.84. The third-order valence-corrected chi connectivity index (χ3v) is 2.84. The first kappa shape index (κ1) is 12.5. The van der Waals surface area contributed by atoms with Crippen LogP contribution in [0.5, 0.6) is 0 Å². The highest BCUT2D eigenvalue weighted by molar-refractivity contribution is 5.53. The molecular formula is C13H12FN5O. The van der Waals surface area contributed by atoms with Crippen LogP contribution in [-0.4, -0.2) is 20.1 Å². The largest absolute Gasteiger partial charge is 0.348 e. The van der Waals surface area contributed by atoms with Gasteiger partial charge < -0.3 is 15.2 Å². The number of imidazole rings is 1. The summed E-state index contributed by atoms with van der Waals surface area (Å²) in [6.45, 7) is 0. The van der Waals surface area contributed by atoms with Crippen molar-refractivity contribution in [1.29, 1.82) is 0 Å². The number of H-pyrrole nitrogens is 1. The van der Waals surface area contributed by atoms with Gasteiger partial charge in [-0.05, 0) is 12.1 Å². The average Bonchev–Trinajstić information content (AvgIpc) is 3.09. The molecule has 2 heterocycles. The van der Waals surface area contributed by atoms with E-state index >= 15 is 0 Å². The van der Waals surface area contributed by atoms with Gasteiger partial charge in [-0.15, -0.1) is 0 Å². The lowest BCUT2D eigenvalue weighted by molar-refractivity contribution is 0.354. The SMILES string of the molecule is N[C@@H](Cc1cnc[nH]1)c1nc(-c2cccc(F)c2)no1. The molecule has 2 aromatic heterocycles. The first-order valence-corrected chi connectivity index (χ1v) is 6.05. The number of aromatic amines is 1. The molecule has 0 spiro atoms. The molecule has 3 aromatic rings. The molecule has 0 saturated heterocycles. The molecule has 0 amide bonds. The lowest BCUT2D eigenvalue weighted by Gasteiger charge is -2.03. The molecule has 3 rings (SSSR count). The molecule has 6 nitrogen and oxygen atoms in total. The number of nitrogens with two attached hydrogens (primary N) is 1. The minimum atomic E-state index is -0.440. The zero-order valence-electron chi connectivity index (χ0n) is 10.5. The van der Waals surface area contributed by atoms with Crippen molar-refractivity contribution in [3.8, 4) is 11.4 Å². The number of aromatic nitrogens is 4. The Hall–Kier alpha value is -2.54. The topological polar surface area (TPSA) is 93.6 Å². The molecular weight excluding hydrogens is 261 g/mol. The summed E-state index contributed by atoms with van der Waals surface area (Å²) >= 11 is 0.